The second-order valence-electron chi connectivity index (χ2n) is 3.75. The zero-order valence-corrected chi connectivity index (χ0v) is 7.39. The van der Waals surface area contributed by atoms with Crippen LogP contribution in [0.1, 0.15) is 24.8 Å². The first-order chi connectivity index (χ1) is 6.12. The van der Waals surface area contributed by atoms with Crippen molar-refractivity contribution in [2.45, 2.75) is 24.8 Å². The molecule has 2 N–H and O–H groups in total. The minimum atomic E-state index is -0.433. The van der Waals surface area contributed by atoms with Gasteiger partial charge in [-0.2, -0.15) is 0 Å². The normalized spacial score (nSPS) is 19.5. The highest BCUT2D eigenvalue weighted by Crippen LogP contribution is 2.39. The predicted octanol–water partition coefficient (Wildman–Crippen LogP) is 0.957. The molecule has 0 bridgehead atoms. The zero-order valence-electron chi connectivity index (χ0n) is 7.39. The van der Waals surface area contributed by atoms with Crippen LogP contribution >= 0.6 is 0 Å². The van der Waals surface area contributed by atoms with E-state index in [-0.39, 0.29) is 5.82 Å². The summed E-state index contributed by atoms with van der Waals surface area (Å²) in [5, 5.41) is 0. The standard InChI is InChI=1S/C10H11BFN/c11-7-2-3-8(9(12)6-7)10(13)4-1-5-10/h2-3,6H,1,4-5,13H2. The predicted molar refractivity (Wildman–Crippen MR) is 51.5 cm³/mol. The first-order valence-corrected chi connectivity index (χ1v) is 4.46. The van der Waals surface area contributed by atoms with Crippen molar-refractivity contribution in [2.24, 2.45) is 5.73 Å². The Morgan fingerprint density at radius 2 is 2.08 bits per heavy atom. The smallest absolute Gasteiger partial charge is 0.127 e. The van der Waals surface area contributed by atoms with Gasteiger partial charge in [0.05, 0.1) is 0 Å². The van der Waals surface area contributed by atoms with E-state index in [0.717, 1.165) is 19.3 Å². The molecule has 1 saturated carbocycles. The summed E-state index contributed by atoms with van der Waals surface area (Å²) in [4.78, 5) is 0. The van der Waals surface area contributed by atoms with Gasteiger partial charge in [-0.05, 0) is 25.3 Å². The Labute approximate surface area is 78.5 Å². The summed E-state index contributed by atoms with van der Waals surface area (Å²) in [7, 11) is 5.45. The molecule has 0 spiro atoms. The van der Waals surface area contributed by atoms with E-state index in [0.29, 0.717) is 11.0 Å². The fourth-order valence-corrected chi connectivity index (χ4v) is 1.76. The number of rotatable bonds is 1. The number of hydrogen-bond acceptors (Lipinski definition) is 1. The van der Waals surface area contributed by atoms with Crippen LogP contribution in [0.15, 0.2) is 18.2 Å². The average Bonchev–Trinajstić information content (AvgIpc) is 2.00. The molecule has 1 nitrogen and oxygen atoms in total. The van der Waals surface area contributed by atoms with Gasteiger partial charge in [0, 0.05) is 11.1 Å². The second-order valence-corrected chi connectivity index (χ2v) is 3.75. The van der Waals surface area contributed by atoms with Gasteiger partial charge in [0.25, 0.3) is 0 Å². The summed E-state index contributed by atoms with van der Waals surface area (Å²) >= 11 is 0. The third-order valence-electron chi connectivity index (χ3n) is 2.78. The summed E-state index contributed by atoms with van der Waals surface area (Å²) in [5.41, 5.74) is 6.61. The lowest BCUT2D eigenvalue weighted by Crippen LogP contribution is -2.44. The van der Waals surface area contributed by atoms with Crippen LogP contribution in [0, 0.1) is 5.82 Å². The van der Waals surface area contributed by atoms with Crippen LogP contribution in [-0.2, 0) is 5.54 Å². The molecule has 0 aromatic heterocycles. The lowest BCUT2D eigenvalue weighted by Gasteiger charge is -2.38. The molecule has 0 heterocycles. The molecular formula is C10H11BFN. The van der Waals surface area contributed by atoms with E-state index in [1.807, 2.05) is 0 Å². The number of nitrogens with two attached hydrogens (primary N) is 1. The van der Waals surface area contributed by atoms with Crippen molar-refractivity contribution in [1.29, 1.82) is 0 Å². The van der Waals surface area contributed by atoms with Crippen LogP contribution in [0.3, 0.4) is 0 Å². The summed E-state index contributed by atoms with van der Waals surface area (Å²) in [6.07, 6.45) is 2.82. The molecular weight excluding hydrogens is 164 g/mol. The van der Waals surface area contributed by atoms with Crippen molar-refractivity contribution in [3.63, 3.8) is 0 Å². The third kappa shape index (κ3) is 1.37. The van der Waals surface area contributed by atoms with Crippen LogP contribution in [-0.4, -0.2) is 7.85 Å². The minimum absolute atomic E-state index is 0.276. The molecule has 3 heteroatoms. The van der Waals surface area contributed by atoms with Gasteiger partial charge >= 0.3 is 0 Å². The van der Waals surface area contributed by atoms with E-state index in [9.17, 15) is 4.39 Å². The van der Waals surface area contributed by atoms with E-state index in [1.165, 1.54) is 6.07 Å². The Kier molecular flexibility index (Phi) is 1.92. The Bertz CT molecular complexity index is 334. The summed E-state index contributed by atoms with van der Waals surface area (Å²) in [6.45, 7) is 0. The van der Waals surface area contributed by atoms with E-state index < -0.39 is 5.54 Å². The van der Waals surface area contributed by atoms with Crippen LogP contribution < -0.4 is 11.2 Å². The van der Waals surface area contributed by atoms with E-state index >= 15 is 0 Å². The largest absolute Gasteiger partial charge is 0.321 e. The number of hydrogen-bond donors (Lipinski definition) is 1. The second kappa shape index (κ2) is 2.84. The Balaban J connectivity index is 2.40. The van der Waals surface area contributed by atoms with Crippen molar-refractivity contribution in [3.8, 4) is 0 Å². The van der Waals surface area contributed by atoms with E-state index in [4.69, 9.17) is 13.6 Å². The molecule has 0 saturated heterocycles. The third-order valence-corrected chi connectivity index (χ3v) is 2.78. The molecule has 0 atom stereocenters. The molecule has 1 aliphatic carbocycles. The fourth-order valence-electron chi connectivity index (χ4n) is 1.76. The molecule has 13 heavy (non-hydrogen) atoms. The summed E-state index contributed by atoms with van der Waals surface area (Å²) < 4.78 is 13.4. The Morgan fingerprint density at radius 3 is 2.54 bits per heavy atom. The Morgan fingerprint density at radius 1 is 1.38 bits per heavy atom. The van der Waals surface area contributed by atoms with Crippen molar-refractivity contribution in [2.75, 3.05) is 0 Å². The van der Waals surface area contributed by atoms with E-state index in [1.54, 1.807) is 12.1 Å². The average molecular weight is 175 g/mol. The SMILES string of the molecule is [B]c1ccc(C2(N)CCC2)c(F)c1. The molecule has 0 amide bonds. The van der Waals surface area contributed by atoms with Gasteiger partial charge < -0.3 is 5.73 Å². The maximum absolute atomic E-state index is 13.4. The number of halogens is 1. The van der Waals surface area contributed by atoms with Crippen LogP contribution in [0.25, 0.3) is 0 Å². The molecule has 0 unspecified atom stereocenters. The molecule has 1 fully saturated rings. The zero-order chi connectivity index (χ0) is 9.47. The van der Waals surface area contributed by atoms with Crippen molar-refractivity contribution in [1.82, 2.24) is 0 Å². The maximum atomic E-state index is 13.4. The lowest BCUT2D eigenvalue weighted by molar-refractivity contribution is 0.245. The first kappa shape index (κ1) is 8.76. The fraction of sp³-hybridized carbons (Fsp3) is 0.400. The molecule has 2 rings (SSSR count). The monoisotopic (exact) mass is 175 g/mol. The van der Waals surface area contributed by atoms with Crippen molar-refractivity contribution in [3.05, 3.63) is 29.6 Å². The van der Waals surface area contributed by atoms with Crippen LogP contribution in [0.2, 0.25) is 0 Å². The van der Waals surface area contributed by atoms with Crippen molar-refractivity contribution >= 4 is 13.3 Å². The van der Waals surface area contributed by atoms with Gasteiger partial charge in [-0.1, -0.05) is 17.6 Å². The number of benzene rings is 1. The Hall–Kier alpha value is -0.825. The highest BCUT2D eigenvalue weighted by molar-refractivity contribution is 6.32. The van der Waals surface area contributed by atoms with Gasteiger partial charge in [0.2, 0.25) is 0 Å². The lowest BCUT2D eigenvalue weighted by atomic mass is 9.72. The van der Waals surface area contributed by atoms with Gasteiger partial charge in [0.15, 0.2) is 0 Å². The van der Waals surface area contributed by atoms with E-state index in [2.05, 4.69) is 0 Å². The summed E-state index contributed by atoms with van der Waals surface area (Å²) in [5.74, 6) is -0.276. The molecule has 2 radical (unpaired) electrons. The van der Waals surface area contributed by atoms with Crippen molar-refractivity contribution < 1.29 is 4.39 Å². The molecule has 1 aromatic carbocycles. The van der Waals surface area contributed by atoms with Crippen LogP contribution in [0.4, 0.5) is 4.39 Å². The minimum Gasteiger partial charge on any atom is -0.321 e. The first-order valence-electron chi connectivity index (χ1n) is 4.46. The van der Waals surface area contributed by atoms with Crippen LogP contribution in [0.5, 0.6) is 0 Å². The highest BCUT2D eigenvalue weighted by atomic mass is 19.1. The molecule has 0 aliphatic heterocycles. The topological polar surface area (TPSA) is 26.0 Å². The summed E-state index contributed by atoms with van der Waals surface area (Å²) in [6, 6.07) is 4.73. The molecule has 66 valence electrons. The highest BCUT2D eigenvalue weighted by Gasteiger charge is 2.36. The quantitative estimate of drug-likeness (QED) is 0.632. The van der Waals surface area contributed by atoms with Gasteiger partial charge in [-0.15, -0.1) is 0 Å². The molecule has 1 aliphatic rings. The van der Waals surface area contributed by atoms with Gasteiger partial charge in [-0.25, -0.2) is 4.39 Å². The molecule has 1 aromatic rings. The van der Waals surface area contributed by atoms with Gasteiger partial charge in [-0.3, -0.25) is 0 Å². The van der Waals surface area contributed by atoms with Gasteiger partial charge in [0.1, 0.15) is 13.7 Å². The maximum Gasteiger partial charge on any atom is 0.127 e.